The lowest BCUT2D eigenvalue weighted by molar-refractivity contribution is -0.384. The van der Waals surface area contributed by atoms with Crippen LogP contribution in [0.15, 0.2) is 30.3 Å². The summed E-state index contributed by atoms with van der Waals surface area (Å²) in [5.41, 5.74) is 0.462. The fraction of sp³-hybridized carbons (Fsp3) is 0.286. The van der Waals surface area contributed by atoms with Gasteiger partial charge in [-0.25, -0.2) is 0 Å². The molecule has 0 saturated heterocycles. The Morgan fingerprint density at radius 1 is 1.40 bits per heavy atom. The monoisotopic (exact) mass is 277 g/mol. The summed E-state index contributed by atoms with van der Waals surface area (Å²) in [6.07, 6.45) is 2.03. The zero-order chi connectivity index (χ0) is 15.1. The molecular weight excluding hydrogens is 262 g/mol. The van der Waals surface area contributed by atoms with E-state index >= 15 is 0 Å². The van der Waals surface area contributed by atoms with E-state index in [0.29, 0.717) is 5.56 Å². The Balaban J connectivity index is 2.63. The Kier molecular flexibility index (Phi) is 5.58. The predicted octanol–water partition coefficient (Wildman–Crippen LogP) is 2.52. The lowest BCUT2D eigenvalue weighted by Crippen LogP contribution is -2.14. The highest BCUT2D eigenvalue weighted by molar-refractivity contribution is 6.04. The van der Waals surface area contributed by atoms with Crippen molar-refractivity contribution in [2.45, 2.75) is 26.4 Å². The van der Waals surface area contributed by atoms with Crippen LogP contribution in [0.25, 0.3) is 6.08 Å². The van der Waals surface area contributed by atoms with Crippen LogP contribution >= 0.6 is 0 Å². The number of non-ortho nitro benzene ring substituents is 1. The van der Waals surface area contributed by atoms with Crippen molar-refractivity contribution in [3.8, 4) is 0 Å². The summed E-state index contributed by atoms with van der Waals surface area (Å²) in [5, 5.41) is 10.6. The predicted molar refractivity (Wildman–Crippen MR) is 73.0 cm³/mol. The van der Waals surface area contributed by atoms with Crippen molar-refractivity contribution in [2.75, 3.05) is 0 Å². The maximum Gasteiger partial charge on any atom is 0.313 e. The number of benzene rings is 1. The number of nitro benzene ring substituents is 1. The number of esters is 1. The second-order valence-electron chi connectivity index (χ2n) is 4.37. The Bertz CT molecular complexity index is 548. The van der Waals surface area contributed by atoms with Crippen LogP contribution in [-0.4, -0.2) is 22.8 Å². The molecule has 0 saturated carbocycles. The van der Waals surface area contributed by atoms with Crippen LogP contribution in [0, 0.1) is 10.1 Å². The minimum absolute atomic E-state index is 0.0567. The van der Waals surface area contributed by atoms with E-state index in [-0.39, 0.29) is 18.2 Å². The van der Waals surface area contributed by atoms with Crippen molar-refractivity contribution in [3.05, 3.63) is 46.0 Å². The third kappa shape index (κ3) is 5.43. The number of nitrogens with zero attached hydrogens (tertiary/aromatic N) is 1. The van der Waals surface area contributed by atoms with Gasteiger partial charge in [0, 0.05) is 12.1 Å². The summed E-state index contributed by atoms with van der Waals surface area (Å²) in [7, 11) is 0. The second kappa shape index (κ2) is 7.18. The van der Waals surface area contributed by atoms with Crippen molar-refractivity contribution < 1.29 is 19.2 Å². The van der Waals surface area contributed by atoms with Gasteiger partial charge in [0.2, 0.25) is 0 Å². The molecule has 0 heterocycles. The van der Waals surface area contributed by atoms with Crippen LogP contribution in [0.1, 0.15) is 25.8 Å². The number of carbonyl (C=O) groups is 2. The molecule has 0 aromatic heterocycles. The average Bonchev–Trinajstić information content (AvgIpc) is 2.35. The maximum atomic E-state index is 11.5. The van der Waals surface area contributed by atoms with Crippen molar-refractivity contribution in [3.63, 3.8) is 0 Å². The minimum Gasteiger partial charge on any atom is -0.463 e. The van der Waals surface area contributed by atoms with E-state index in [1.54, 1.807) is 19.9 Å². The first-order chi connectivity index (χ1) is 9.38. The first-order valence-electron chi connectivity index (χ1n) is 6.03. The summed E-state index contributed by atoms with van der Waals surface area (Å²) in [6.45, 7) is 3.39. The molecule has 0 fully saturated rings. The SMILES string of the molecule is CC(C)OC(=O)CC(=O)/C=C/c1cccc([N+](=O)[O-])c1. The Labute approximate surface area is 116 Å². The van der Waals surface area contributed by atoms with Crippen LogP contribution in [0.2, 0.25) is 0 Å². The third-order valence-electron chi connectivity index (χ3n) is 2.23. The molecule has 1 rings (SSSR count). The van der Waals surface area contributed by atoms with Gasteiger partial charge < -0.3 is 4.74 Å². The Morgan fingerprint density at radius 2 is 2.10 bits per heavy atom. The van der Waals surface area contributed by atoms with E-state index in [1.165, 1.54) is 30.4 Å². The molecule has 0 spiro atoms. The highest BCUT2D eigenvalue weighted by Gasteiger charge is 2.10. The lowest BCUT2D eigenvalue weighted by atomic mass is 10.1. The molecule has 0 aliphatic carbocycles. The van der Waals surface area contributed by atoms with Crippen molar-refractivity contribution in [1.29, 1.82) is 0 Å². The molecule has 0 aliphatic rings. The van der Waals surface area contributed by atoms with E-state index < -0.39 is 16.7 Å². The van der Waals surface area contributed by atoms with E-state index in [2.05, 4.69) is 0 Å². The maximum absolute atomic E-state index is 11.5. The fourth-order valence-electron chi connectivity index (χ4n) is 1.44. The molecule has 0 N–H and O–H groups in total. The van der Waals surface area contributed by atoms with E-state index in [1.807, 2.05) is 0 Å². The van der Waals surface area contributed by atoms with Gasteiger partial charge in [-0.3, -0.25) is 19.7 Å². The van der Waals surface area contributed by atoms with E-state index in [9.17, 15) is 19.7 Å². The number of hydrogen-bond donors (Lipinski definition) is 0. The molecule has 1 aromatic carbocycles. The molecule has 6 heteroatoms. The molecule has 6 nitrogen and oxygen atoms in total. The van der Waals surface area contributed by atoms with Crippen LogP contribution in [0.5, 0.6) is 0 Å². The van der Waals surface area contributed by atoms with Gasteiger partial charge in [-0.1, -0.05) is 18.2 Å². The average molecular weight is 277 g/mol. The minimum atomic E-state index is -0.589. The number of rotatable bonds is 6. The molecule has 20 heavy (non-hydrogen) atoms. The van der Waals surface area contributed by atoms with Crippen LogP contribution in [-0.2, 0) is 14.3 Å². The normalized spacial score (nSPS) is 10.8. The largest absolute Gasteiger partial charge is 0.463 e. The standard InChI is InChI=1S/C14H15NO5/c1-10(2)20-14(17)9-13(16)7-6-11-4-3-5-12(8-11)15(18)19/h3-8,10H,9H2,1-2H3/b7-6+. The topological polar surface area (TPSA) is 86.5 Å². The van der Waals surface area contributed by atoms with Crippen LogP contribution in [0.3, 0.4) is 0 Å². The number of nitro groups is 1. The summed E-state index contributed by atoms with van der Waals surface area (Å²) in [5.74, 6) is -1.00. The van der Waals surface area contributed by atoms with Gasteiger partial charge in [0.15, 0.2) is 5.78 Å². The van der Waals surface area contributed by atoms with Gasteiger partial charge >= 0.3 is 5.97 Å². The quantitative estimate of drug-likeness (QED) is 0.262. The summed E-state index contributed by atoms with van der Waals surface area (Å²) < 4.78 is 4.84. The van der Waals surface area contributed by atoms with Gasteiger partial charge in [0.1, 0.15) is 6.42 Å². The third-order valence-corrected chi connectivity index (χ3v) is 2.23. The van der Waals surface area contributed by atoms with Crippen molar-refractivity contribution in [1.82, 2.24) is 0 Å². The highest BCUT2D eigenvalue weighted by Crippen LogP contribution is 2.14. The summed E-state index contributed by atoms with van der Waals surface area (Å²) in [6, 6.07) is 5.86. The zero-order valence-corrected chi connectivity index (χ0v) is 11.2. The van der Waals surface area contributed by atoms with Crippen molar-refractivity contribution >= 4 is 23.5 Å². The van der Waals surface area contributed by atoms with Gasteiger partial charge in [0.25, 0.3) is 5.69 Å². The first kappa shape index (κ1) is 15.6. The van der Waals surface area contributed by atoms with E-state index in [0.717, 1.165) is 0 Å². The molecule has 0 radical (unpaired) electrons. The summed E-state index contributed by atoms with van der Waals surface area (Å²) in [4.78, 5) is 32.8. The molecule has 1 aromatic rings. The number of allylic oxidation sites excluding steroid dienone is 1. The van der Waals surface area contributed by atoms with Crippen LogP contribution < -0.4 is 0 Å². The number of carbonyl (C=O) groups excluding carboxylic acids is 2. The van der Waals surface area contributed by atoms with Gasteiger partial charge in [-0.05, 0) is 25.5 Å². The zero-order valence-electron chi connectivity index (χ0n) is 11.2. The molecular formula is C14H15NO5. The molecule has 0 atom stereocenters. The van der Waals surface area contributed by atoms with Gasteiger partial charge in [-0.2, -0.15) is 0 Å². The smallest absolute Gasteiger partial charge is 0.313 e. The van der Waals surface area contributed by atoms with E-state index in [4.69, 9.17) is 4.74 Å². The highest BCUT2D eigenvalue weighted by atomic mass is 16.6. The molecule has 106 valence electrons. The van der Waals surface area contributed by atoms with Gasteiger partial charge in [-0.15, -0.1) is 0 Å². The number of hydrogen-bond acceptors (Lipinski definition) is 5. The lowest BCUT2D eigenvalue weighted by Gasteiger charge is -2.05. The Hall–Kier alpha value is -2.50. The van der Waals surface area contributed by atoms with Crippen LogP contribution in [0.4, 0.5) is 5.69 Å². The number of ketones is 1. The fourth-order valence-corrected chi connectivity index (χ4v) is 1.44. The first-order valence-corrected chi connectivity index (χ1v) is 6.03. The Morgan fingerprint density at radius 3 is 2.70 bits per heavy atom. The molecule has 0 amide bonds. The van der Waals surface area contributed by atoms with Crippen molar-refractivity contribution in [2.24, 2.45) is 0 Å². The number of ether oxygens (including phenoxy) is 1. The molecule has 0 bridgehead atoms. The summed E-state index contributed by atoms with van der Waals surface area (Å²) >= 11 is 0. The molecule has 0 unspecified atom stereocenters. The molecule has 0 aliphatic heterocycles. The second-order valence-corrected chi connectivity index (χ2v) is 4.37. The van der Waals surface area contributed by atoms with Gasteiger partial charge in [0.05, 0.1) is 11.0 Å².